The van der Waals surface area contributed by atoms with Crippen LogP contribution in [0, 0.1) is 8.98 Å². The molecule has 5 nitrogen and oxygen atoms in total. The van der Waals surface area contributed by atoms with Gasteiger partial charge in [-0.15, -0.1) is 0 Å². The van der Waals surface area contributed by atoms with Crippen LogP contribution in [0.3, 0.4) is 0 Å². The number of carbonyl (C=O) groups is 1. The zero-order valence-electron chi connectivity index (χ0n) is 11.2. The molecule has 0 heterocycles. The Morgan fingerprint density at radius 3 is 2.20 bits per heavy atom. The van der Waals surface area contributed by atoms with E-state index in [4.69, 9.17) is 28.6 Å². The first-order chi connectivity index (χ1) is 9.08. The maximum Gasteiger partial charge on any atom is 0.321 e. The van der Waals surface area contributed by atoms with Crippen LogP contribution in [0.1, 0.15) is 20.8 Å². The van der Waals surface area contributed by atoms with Gasteiger partial charge in [0.05, 0.1) is 15.7 Å². The molecule has 1 rings (SSSR count). The molecule has 2 amide bonds. The van der Waals surface area contributed by atoms with Gasteiger partial charge in [-0.05, 0) is 55.5 Å². The molecule has 0 saturated carbocycles. The van der Waals surface area contributed by atoms with Crippen molar-refractivity contribution < 1.29 is 4.79 Å². The van der Waals surface area contributed by atoms with Gasteiger partial charge < -0.3 is 10.6 Å². The summed E-state index contributed by atoms with van der Waals surface area (Å²) in [5.41, 5.74) is -0.00231. The maximum absolute atomic E-state index is 11.6. The van der Waals surface area contributed by atoms with Crippen molar-refractivity contribution in [2.24, 2.45) is 0 Å². The summed E-state index contributed by atoms with van der Waals surface area (Å²) < 4.78 is 0.883. The molecule has 20 heavy (non-hydrogen) atoms. The minimum atomic E-state index is -0.479. The van der Waals surface area contributed by atoms with Crippen molar-refractivity contribution in [3.63, 3.8) is 0 Å². The van der Waals surface area contributed by atoms with Crippen molar-refractivity contribution in [3.8, 4) is 0 Å². The second kappa shape index (κ2) is 6.82. The van der Waals surface area contributed by atoms with Gasteiger partial charge in [0.25, 0.3) is 0 Å². The van der Waals surface area contributed by atoms with E-state index in [9.17, 15) is 4.79 Å². The highest BCUT2D eigenvalue weighted by atomic mass is 127. The van der Waals surface area contributed by atoms with E-state index < -0.39 is 6.03 Å². The van der Waals surface area contributed by atoms with Crippen LogP contribution in [0.4, 0.5) is 10.5 Å². The van der Waals surface area contributed by atoms with Gasteiger partial charge in [0.1, 0.15) is 0 Å². The number of hydrogen-bond acceptors (Lipinski definition) is 2. The van der Waals surface area contributed by atoms with E-state index in [1.807, 2.05) is 20.8 Å². The second-order valence-corrected chi connectivity index (χ2v) is 7.13. The molecule has 0 spiro atoms. The van der Waals surface area contributed by atoms with Gasteiger partial charge in [-0.3, -0.25) is 10.7 Å². The number of halogens is 3. The van der Waals surface area contributed by atoms with Crippen LogP contribution in [0.25, 0.3) is 0 Å². The zero-order chi connectivity index (χ0) is 15.5. The Hall–Kier alpha value is -0.730. The number of urea groups is 1. The molecule has 0 aliphatic carbocycles. The molecule has 0 radical (unpaired) electrons. The molecule has 0 fully saturated rings. The average Bonchev–Trinajstić information content (AvgIpc) is 2.20. The third-order valence-electron chi connectivity index (χ3n) is 1.98. The molecule has 0 aliphatic rings. The van der Waals surface area contributed by atoms with Gasteiger partial charge in [0.2, 0.25) is 5.96 Å². The molecule has 8 heteroatoms. The van der Waals surface area contributed by atoms with E-state index in [-0.39, 0.29) is 11.5 Å². The number of carbonyl (C=O) groups excluding carboxylic acids is 1. The third kappa shape index (κ3) is 5.72. The summed E-state index contributed by atoms with van der Waals surface area (Å²) in [6.07, 6.45) is 0. The molecule has 0 atom stereocenters. The molecule has 0 aliphatic heterocycles. The van der Waals surface area contributed by atoms with Crippen LogP contribution in [0.5, 0.6) is 0 Å². The summed E-state index contributed by atoms with van der Waals surface area (Å²) in [5.74, 6) is -0.211. The van der Waals surface area contributed by atoms with Crippen molar-refractivity contribution in [2.45, 2.75) is 26.3 Å². The van der Waals surface area contributed by atoms with Crippen molar-refractivity contribution in [1.82, 2.24) is 10.6 Å². The fourth-order valence-corrected chi connectivity index (χ4v) is 2.88. The molecule has 4 N–H and O–H groups in total. The van der Waals surface area contributed by atoms with E-state index in [0.717, 1.165) is 3.57 Å². The predicted molar refractivity (Wildman–Crippen MR) is 91.9 cm³/mol. The third-order valence-corrected chi connectivity index (χ3v) is 3.20. The van der Waals surface area contributed by atoms with Crippen LogP contribution in [-0.4, -0.2) is 17.5 Å². The minimum absolute atomic E-state index is 0.211. The quantitative estimate of drug-likeness (QED) is 0.309. The van der Waals surface area contributed by atoms with Gasteiger partial charge in [0.15, 0.2) is 0 Å². The fraction of sp³-hybridized carbons (Fsp3) is 0.333. The fourth-order valence-electron chi connectivity index (χ4n) is 1.30. The zero-order valence-corrected chi connectivity index (χ0v) is 14.9. The van der Waals surface area contributed by atoms with Gasteiger partial charge in [0, 0.05) is 9.11 Å². The van der Waals surface area contributed by atoms with Crippen molar-refractivity contribution in [1.29, 1.82) is 5.41 Å². The number of anilines is 1. The highest BCUT2D eigenvalue weighted by molar-refractivity contribution is 14.1. The molecule has 1 aromatic carbocycles. The van der Waals surface area contributed by atoms with Gasteiger partial charge in [-0.1, -0.05) is 23.2 Å². The van der Waals surface area contributed by atoms with Gasteiger partial charge in [-0.25, -0.2) is 4.79 Å². The first-order valence-electron chi connectivity index (χ1n) is 5.68. The number of nitrogens with one attached hydrogen (secondary N) is 4. The number of amides is 2. The van der Waals surface area contributed by atoms with Crippen LogP contribution in [-0.2, 0) is 0 Å². The van der Waals surface area contributed by atoms with E-state index in [1.165, 1.54) is 0 Å². The highest BCUT2D eigenvalue weighted by Gasteiger charge is 2.15. The smallest absolute Gasteiger partial charge is 0.321 e. The summed E-state index contributed by atoms with van der Waals surface area (Å²) in [6.45, 7) is 5.53. The molecule has 0 unspecified atom stereocenters. The highest BCUT2D eigenvalue weighted by Crippen LogP contribution is 2.32. The van der Waals surface area contributed by atoms with Crippen LogP contribution in [0.15, 0.2) is 12.1 Å². The van der Waals surface area contributed by atoms with E-state index >= 15 is 0 Å². The van der Waals surface area contributed by atoms with E-state index in [1.54, 1.807) is 12.1 Å². The Balaban J connectivity index is 2.70. The molecule has 1 aromatic rings. The lowest BCUT2D eigenvalue weighted by molar-refractivity contribution is 0.236. The Bertz CT molecular complexity index is 520. The summed E-state index contributed by atoms with van der Waals surface area (Å²) in [6, 6.07) is 2.94. The minimum Gasteiger partial charge on any atom is -0.333 e. The largest absolute Gasteiger partial charge is 0.333 e. The molecule has 110 valence electrons. The summed E-state index contributed by atoms with van der Waals surface area (Å²) >= 11 is 14.2. The second-order valence-electron chi connectivity index (χ2n) is 5.07. The lowest BCUT2D eigenvalue weighted by Gasteiger charge is -2.21. The van der Waals surface area contributed by atoms with E-state index in [2.05, 4.69) is 38.5 Å². The topological polar surface area (TPSA) is 77.0 Å². The van der Waals surface area contributed by atoms with Crippen LogP contribution >= 0.6 is 45.8 Å². The van der Waals surface area contributed by atoms with Crippen LogP contribution in [0.2, 0.25) is 10.0 Å². The van der Waals surface area contributed by atoms with Crippen molar-refractivity contribution in [3.05, 3.63) is 25.7 Å². The lowest BCUT2D eigenvalue weighted by atomic mass is 10.1. The number of hydrogen-bond donors (Lipinski definition) is 4. The number of benzene rings is 1. The van der Waals surface area contributed by atoms with Crippen molar-refractivity contribution >= 4 is 63.5 Å². The molecular formula is C12H15Cl2IN4O. The summed E-state index contributed by atoms with van der Waals surface area (Å²) in [5, 5.41) is 16.2. The normalized spacial score (nSPS) is 10.9. The van der Waals surface area contributed by atoms with Crippen molar-refractivity contribution in [2.75, 3.05) is 5.32 Å². The van der Waals surface area contributed by atoms with E-state index in [0.29, 0.717) is 15.7 Å². The van der Waals surface area contributed by atoms with Gasteiger partial charge >= 0.3 is 6.03 Å². The Morgan fingerprint density at radius 1 is 1.25 bits per heavy atom. The molecule has 0 aromatic heterocycles. The summed E-state index contributed by atoms with van der Waals surface area (Å²) in [7, 11) is 0. The number of rotatable bonds is 1. The first-order valence-corrected chi connectivity index (χ1v) is 7.51. The summed E-state index contributed by atoms with van der Waals surface area (Å²) in [4.78, 5) is 11.6. The average molecular weight is 429 g/mol. The molecule has 0 saturated heterocycles. The Kier molecular flexibility index (Phi) is 5.91. The SMILES string of the molecule is CC(C)(C)NC(=O)NC(=N)Nc1c(Cl)cc(I)cc1Cl. The lowest BCUT2D eigenvalue weighted by Crippen LogP contribution is -2.49. The first kappa shape index (κ1) is 17.3. The standard InChI is InChI=1S/C12H15Cl2IN4O/c1-12(2,3)19-11(20)18-10(16)17-9-7(13)4-6(15)5-8(9)14/h4-5H,1-3H3,(H4,16,17,18,19,20). The Labute approximate surface area is 141 Å². The monoisotopic (exact) mass is 428 g/mol. The molecule has 0 bridgehead atoms. The maximum atomic E-state index is 11.6. The Morgan fingerprint density at radius 2 is 1.75 bits per heavy atom. The van der Waals surface area contributed by atoms with Gasteiger partial charge in [-0.2, -0.15) is 0 Å². The number of guanidine groups is 1. The molecular weight excluding hydrogens is 414 g/mol. The van der Waals surface area contributed by atoms with Crippen LogP contribution < -0.4 is 16.0 Å². The predicted octanol–water partition coefficient (Wildman–Crippen LogP) is 4.04.